The second-order valence-electron chi connectivity index (χ2n) is 4.86. The minimum Gasteiger partial charge on any atom is -0.370 e. The highest BCUT2D eigenvalue weighted by molar-refractivity contribution is 5.62. The fraction of sp³-hybridized carbons (Fsp3) is 0.312. The molecule has 1 aromatic heterocycles. The molecule has 0 spiro atoms. The van der Waals surface area contributed by atoms with Crippen LogP contribution >= 0.6 is 0 Å². The smallest absolute Gasteiger partial charge is 0.127 e. The quantitative estimate of drug-likeness (QED) is 0.832. The summed E-state index contributed by atoms with van der Waals surface area (Å²) in [6.45, 7) is 7.34. The lowest BCUT2D eigenvalue weighted by molar-refractivity contribution is 0.867. The molecule has 2 rings (SSSR count). The summed E-state index contributed by atoms with van der Waals surface area (Å²) >= 11 is 0. The molecule has 0 bridgehead atoms. The van der Waals surface area contributed by atoms with Crippen molar-refractivity contribution in [1.29, 1.82) is 0 Å². The summed E-state index contributed by atoms with van der Waals surface area (Å²) < 4.78 is 0. The number of nitrogens with one attached hydrogen (secondary N) is 2. The number of hydrogen-bond donors (Lipinski definition) is 2. The molecule has 0 radical (unpaired) electrons. The second-order valence-corrected chi connectivity index (χ2v) is 4.86. The van der Waals surface area contributed by atoms with Gasteiger partial charge in [-0.2, -0.15) is 0 Å². The van der Waals surface area contributed by atoms with Gasteiger partial charge in [-0.15, -0.1) is 0 Å². The van der Waals surface area contributed by atoms with Gasteiger partial charge in [0.15, 0.2) is 0 Å². The van der Waals surface area contributed by atoms with Gasteiger partial charge in [0.1, 0.15) is 5.82 Å². The second kappa shape index (κ2) is 6.23. The largest absolute Gasteiger partial charge is 0.370 e. The van der Waals surface area contributed by atoms with E-state index in [2.05, 4.69) is 60.7 Å². The van der Waals surface area contributed by atoms with Gasteiger partial charge >= 0.3 is 0 Å². The van der Waals surface area contributed by atoms with Crippen LogP contribution in [0.5, 0.6) is 0 Å². The topological polar surface area (TPSA) is 37.0 Å². The molecule has 1 heterocycles. The lowest BCUT2D eigenvalue weighted by atomic mass is 10.0. The Kier molecular flexibility index (Phi) is 4.39. The fourth-order valence-corrected chi connectivity index (χ4v) is 1.90. The van der Waals surface area contributed by atoms with Crippen molar-refractivity contribution in [3.05, 3.63) is 48.2 Å². The molecular formula is C16H21N3. The molecule has 19 heavy (non-hydrogen) atoms. The number of hydrogen-bond acceptors (Lipinski definition) is 3. The normalized spacial score (nSPS) is 10.5. The van der Waals surface area contributed by atoms with Crippen LogP contribution in [-0.2, 0) is 0 Å². The standard InChI is InChI=1S/C16H21N3/c1-4-17-16-11-15(9-10-18-16)19-14-7-5-13(6-8-14)12(2)3/h5-12H,4H2,1-3H3,(H2,17,18,19). The summed E-state index contributed by atoms with van der Waals surface area (Å²) in [5.74, 6) is 1.46. The third-order valence-electron chi connectivity index (χ3n) is 2.98. The minimum absolute atomic E-state index is 0.565. The van der Waals surface area contributed by atoms with Crippen molar-refractivity contribution < 1.29 is 0 Å². The Morgan fingerprint density at radius 2 is 1.79 bits per heavy atom. The van der Waals surface area contributed by atoms with E-state index in [1.807, 2.05) is 18.3 Å². The highest BCUT2D eigenvalue weighted by atomic mass is 15.0. The number of benzene rings is 1. The molecule has 2 aromatic rings. The Balaban J connectivity index is 2.10. The molecule has 1 aromatic carbocycles. The van der Waals surface area contributed by atoms with Gasteiger partial charge < -0.3 is 10.6 Å². The Bertz CT molecular complexity index is 518. The molecule has 0 atom stereocenters. The number of nitrogens with zero attached hydrogens (tertiary/aromatic N) is 1. The van der Waals surface area contributed by atoms with E-state index in [0.717, 1.165) is 23.7 Å². The predicted octanol–water partition coefficient (Wildman–Crippen LogP) is 4.38. The molecule has 0 saturated carbocycles. The zero-order valence-corrected chi connectivity index (χ0v) is 11.8. The molecule has 0 unspecified atom stereocenters. The summed E-state index contributed by atoms with van der Waals surface area (Å²) in [7, 11) is 0. The zero-order valence-electron chi connectivity index (χ0n) is 11.8. The van der Waals surface area contributed by atoms with Crippen molar-refractivity contribution in [2.24, 2.45) is 0 Å². The maximum atomic E-state index is 4.26. The fourth-order valence-electron chi connectivity index (χ4n) is 1.90. The first-order valence-corrected chi connectivity index (χ1v) is 6.76. The van der Waals surface area contributed by atoms with Crippen molar-refractivity contribution in [3.63, 3.8) is 0 Å². The van der Waals surface area contributed by atoms with Crippen LogP contribution in [0, 0.1) is 0 Å². The van der Waals surface area contributed by atoms with Crippen LogP contribution in [0.4, 0.5) is 17.2 Å². The first-order valence-electron chi connectivity index (χ1n) is 6.76. The Morgan fingerprint density at radius 1 is 1.05 bits per heavy atom. The third kappa shape index (κ3) is 3.71. The van der Waals surface area contributed by atoms with Gasteiger partial charge in [0.05, 0.1) is 0 Å². The molecule has 0 saturated heterocycles. The summed E-state index contributed by atoms with van der Waals surface area (Å²) in [6.07, 6.45) is 1.81. The lowest BCUT2D eigenvalue weighted by Gasteiger charge is -2.10. The molecular weight excluding hydrogens is 234 g/mol. The SMILES string of the molecule is CCNc1cc(Nc2ccc(C(C)C)cc2)ccn1. The summed E-state index contributed by atoms with van der Waals surface area (Å²) in [5.41, 5.74) is 3.50. The monoisotopic (exact) mass is 255 g/mol. The van der Waals surface area contributed by atoms with E-state index < -0.39 is 0 Å². The van der Waals surface area contributed by atoms with Gasteiger partial charge in [0, 0.05) is 30.2 Å². The number of aromatic nitrogens is 1. The molecule has 0 aliphatic heterocycles. The Labute approximate surface area is 115 Å². The number of anilines is 3. The highest BCUT2D eigenvalue weighted by Gasteiger charge is 2.00. The number of pyridine rings is 1. The minimum atomic E-state index is 0.565. The van der Waals surface area contributed by atoms with Crippen molar-refractivity contribution in [1.82, 2.24) is 4.98 Å². The Morgan fingerprint density at radius 3 is 2.42 bits per heavy atom. The van der Waals surface area contributed by atoms with Crippen LogP contribution in [0.3, 0.4) is 0 Å². The van der Waals surface area contributed by atoms with Crippen molar-refractivity contribution in [3.8, 4) is 0 Å². The average molecular weight is 255 g/mol. The average Bonchev–Trinajstić information content (AvgIpc) is 2.40. The molecule has 2 N–H and O–H groups in total. The van der Waals surface area contributed by atoms with E-state index in [-0.39, 0.29) is 0 Å². The van der Waals surface area contributed by atoms with Crippen molar-refractivity contribution in [2.45, 2.75) is 26.7 Å². The molecule has 0 aliphatic rings. The van der Waals surface area contributed by atoms with Gasteiger partial charge in [-0.05, 0) is 36.6 Å². The van der Waals surface area contributed by atoms with Crippen LogP contribution in [0.15, 0.2) is 42.6 Å². The number of rotatable bonds is 5. The van der Waals surface area contributed by atoms with E-state index in [1.165, 1.54) is 5.56 Å². The maximum Gasteiger partial charge on any atom is 0.127 e. The van der Waals surface area contributed by atoms with E-state index in [9.17, 15) is 0 Å². The van der Waals surface area contributed by atoms with Gasteiger partial charge in [-0.1, -0.05) is 26.0 Å². The summed E-state index contributed by atoms with van der Waals surface area (Å²) in [6, 6.07) is 12.5. The van der Waals surface area contributed by atoms with Gasteiger partial charge in [0.2, 0.25) is 0 Å². The van der Waals surface area contributed by atoms with E-state index in [0.29, 0.717) is 5.92 Å². The van der Waals surface area contributed by atoms with Crippen LogP contribution in [-0.4, -0.2) is 11.5 Å². The summed E-state index contributed by atoms with van der Waals surface area (Å²) in [5, 5.41) is 6.60. The first kappa shape index (κ1) is 13.4. The lowest BCUT2D eigenvalue weighted by Crippen LogP contribution is -2.00. The molecule has 3 nitrogen and oxygen atoms in total. The van der Waals surface area contributed by atoms with Gasteiger partial charge in [-0.3, -0.25) is 0 Å². The zero-order chi connectivity index (χ0) is 13.7. The molecule has 0 amide bonds. The third-order valence-corrected chi connectivity index (χ3v) is 2.98. The molecule has 0 aliphatic carbocycles. The Hall–Kier alpha value is -2.03. The van der Waals surface area contributed by atoms with Crippen LogP contribution < -0.4 is 10.6 Å². The first-order chi connectivity index (χ1) is 9.19. The summed E-state index contributed by atoms with van der Waals surface area (Å²) in [4.78, 5) is 4.26. The van der Waals surface area contributed by atoms with Crippen molar-refractivity contribution in [2.75, 3.05) is 17.2 Å². The highest BCUT2D eigenvalue weighted by Crippen LogP contribution is 2.21. The molecule has 3 heteroatoms. The maximum absolute atomic E-state index is 4.26. The van der Waals surface area contributed by atoms with Gasteiger partial charge in [0.25, 0.3) is 0 Å². The van der Waals surface area contributed by atoms with Crippen LogP contribution in [0.2, 0.25) is 0 Å². The van der Waals surface area contributed by atoms with E-state index in [1.54, 1.807) is 0 Å². The molecule has 0 fully saturated rings. The van der Waals surface area contributed by atoms with E-state index >= 15 is 0 Å². The van der Waals surface area contributed by atoms with Crippen LogP contribution in [0.1, 0.15) is 32.3 Å². The van der Waals surface area contributed by atoms with Crippen molar-refractivity contribution >= 4 is 17.2 Å². The predicted molar refractivity (Wildman–Crippen MR) is 82.2 cm³/mol. The van der Waals surface area contributed by atoms with E-state index in [4.69, 9.17) is 0 Å². The molecule has 100 valence electrons. The van der Waals surface area contributed by atoms with Gasteiger partial charge in [-0.25, -0.2) is 4.98 Å². The van der Waals surface area contributed by atoms with Crippen LogP contribution in [0.25, 0.3) is 0 Å².